The molecule has 0 radical (unpaired) electrons. The van der Waals surface area contributed by atoms with Crippen LogP contribution in [0.3, 0.4) is 0 Å². The molecule has 0 saturated carbocycles. The zero-order valence-electron chi connectivity index (χ0n) is 22.7. The molecule has 0 aliphatic carbocycles. The third-order valence-corrected chi connectivity index (χ3v) is 6.28. The molecular weight excluding hydrogens is 452 g/mol. The molecule has 1 aromatic heterocycles. The second kappa shape index (κ2) is 12.2. The Labute approximate surface area is 221 Å². The highest BCUT2D eigenvalue weighted by Crippen LogP contribution is 2.30. The lowest BCUT2D eigenvalue weighted by Gasteiger charge is -2.22. The van der Waals surface area contributed by atoms with Crippen molar-refractivity contribution < 1.29 is 5.11 Å². The quantitative estimate of drug-likeness (QED) is 0.192. The van der Waals surface area contributed by atoms with Crippen molar-refractivity contribution in [1.82, 2.24) is 10.3 Å². The summed E-state index contributed by atoms with van der Waals surface area (Å²) in [5, 5.41) is 14.8. The number of rotatable bonds is 8. The number of hydrogen-bond donors (Lipinski definition) is 2. The van der Waals surface area contributed by atoms with E-state index in [0.717, 1.165) is 34.0 Å². The van der Waals surface area contributed by atoms with E-state index in [4.69, 9.17) is 4.98 Å². The molecule has 0 bridgehead atoms. The topological polar surface area (TPSA) is 45.1 Å². The van der Waals surface area contributed by atoms with Crippen molar-refractivity contribution >= 4 is 22.4 Å². The highest BCUT2D eigenvalue weighted by Gasteiger charge is 2.16. The Morgan fingerprint density at radius 2 is 1.54 bits per heavy atom. The lowest BCUT2D eigenvalue weighted by atomic mass is 9.97. The van der Waals surface area contributed by atoms with Gasteiger partial charge in [0.15, 0.2) is 0 Å². The van der Waals surface area contributed by atoms with Gasteiger partial charge >= 0.3 is 0 Å². The van der Waals surface area contributed by atoms with Crippen molar-refractivity contribution in [3.05, 3.63) is 126 Å². The fraction of sp³-hybridized carbons (Fsp3) is 0.206. The van der Waals surface area contributed by atoms with Gasteiger partial charge in [0, 0.05) is 10.9 Å². The molecule has 1 atom stereocenters. The lowest BCUT2D eigenvalue weighted by Crippen LogP contribution is -2.30. The standard InChI is InChI=1S/C32H32N2O.C2H6/c1-20(2)31(17-25-12-10-21(3)11-13-25)33-23(5)32-19-28(24(6)35)29-18-27(14-15-30(29)34-32)26-9-7-8-22(4)16-26;1-2/h7-16,18-19,31,33,35H,1,5-6,17H2,2-4H3;1-2H3. The van der Waals surface area contributed by atoms with E-state index in [0.29, 0.717) is 17.0 Å². The summed E-state index contributed by atoms with van der Waals surface area (Å²) in [7, 11) is 0. The van der Waals surface area contributed by atoms with E-state index in [1.165, 1.54) is 16.7 Å². The average Bonchev–Trinajstić information content (AvgIpc) is 2.89. The van der Waals surface area contributed by atoms with E-state index < -0.39 is 0 Å². The molecule has 1 unspecified atom stereocenters. The van der Waals surface area contributed by atoms with E-state index in [2.05, 4.69) is 93.5 Å². The van der Waals surface area contributed by atoms with Crippen molar-refractivity contribution in [2.24, 2.45) is 0 Å². The SMILES string of the molecule is C=C(NC(Cc1ccc(C)cc1)C(=C)C)c1cc(C(=C)O)c2cc(-c3cccc(C)c3)ccc2n1.CC. The third kappa shape index (κ3) is 6.77. The Balaban J connectivity index is 0.00000186. The first-order valence-electron chi connectivity index (χ1n) is 12.8. The summed E-state index contributed by atoms with van der Waals surface area (Å²) in [5.41, 5.74) is 9.63. The summed E-state index contributed by atoms with van der Waals surface area (Å²) in [6.07, 6.45) is 0.793. The van der Waals surface area contributed by atoms with Crippen molar-refractivity contribution in [1.29, 1.82) is 0 Å². The maximum Gasteiger partial charge on any atom is 0.116 e. The minimum atomic E-state index is 0.00366. The number of aryl methyl sites for hydroxylation is 2. The predicted molar refractivity (Wildman–Crippen MR) is 161 cm³/mol. The van der Waals surface area contributed by atoms with Crippen LogP contribution >= 0.6 is 0 Å². The first-order chi connectivity index (χ1) is 17.7. The number of aliphatic hydroxyl groups is 1. The van der Waals surface area contributed by atoms with Gasteiger partial charge < -0.3 is 10.4 Å². The third-order valence-electron chi connectivity index (χ3n) is 6.28. The highest BCUT2D eigenvalue weighted by molar-refractivity contribution is 5.94. The number of hydrogen-bond acceptors (Lipinski definition) is 3. The summed E-state index contributed by atoms with van der Waals surface area (Å²) in [5.74, 6) is 0.00366. The van der Waals surface area contributed by atoms with Gasteiger partial charge in [0.2, 0.25) is 0 Å². The molecule has 0 fully saturated rings. The van der Waals surface area contributed by atoms with E-state index in [1.54, 1.807) is 0 Å². The normalized spacial score (nSPS) is 11.3. The molecule has 1 heterocycles. The van der Waals surface area contributed by atoms with Gasteiger partial charge in [0.1, 0.15) is 5.76 Å². The summed E-state index contributed by atoms with van der Waals surface area (Å²) < 4.78 is 0. The number of pyridine rings is 1. The Kier molecular flexibility index (Phi) is 9.08. The minimum Gasteiger partial charge on any atom is -0.508 e. The van der Waals surface area contributed by atoms with Gasteiger partial charge in [-0.2, -0.15) is 0 Å². The van der Waals surface area contributed by atoms with Crippen LogP contribution in [0, 0.1) is 13.8 Å². The molecule has 0 saturated heterocycles. The molecule has 37 heavy (non-hydrogen) atoms. The fourth-order valence-corrected chi connectivity index (χ4v) is 4.22. The van der Waals surface area contributed by atoms with Crippen molar-refractivity contribution in [3.8, 4) is 11.1 Å². The summed E-state index contributed by atoms with van der Waals surface area (Å²) in [4.78, 5) is 4.86. The second-order valence-corrected chi connectivity index (χ2v) is 9.31. The number of nitrogens with zero attached hydrogens (tertiary/aromatic N) is 1. The summed E-state index contributed by atoms with van der Waals surface area (Å²) in [6.45, 7) is 22.4. The van der Waals surface area contributed by atoms with Gasteiger partial charge in [-0.25, -0.2) is 4.98 Å². The Morgan fingerprint density at radius 3 is 2.16 bits per heavy atom. The molecule has 3 heteroatoms. The molecule has 0 aliphatic rings. The van der Waals surface area contributed by atoms with Crippen LogP contribution in [0.2, 0.25) is 0 Å². The minimum absolute atomic E-state index is 0.00366. The van der Waals surface area contributed by atoms with Gasteiger partial charge in [-0.3, -0.25) is 0 Å². The number of aliphatic hydroxyl groups excluding tert-OH is 1. The van der Waals surface area contributed by atoms with Crippen molar-refractivity contribution in [2.75, 3.05) is 0 Å². The van der Waals surface area contributed by atoms with E-state index in [1.807, 2.05) is 39.0 Å². The van der Waals surface area contributed by atoms with Gasteiger partial charge in [-0.05, 0) is 62.1 Å². The average molecular weight is 491 g/mol. The van der Waals surface area contributed by atoms with E-state index in [9.17, 15) is 5.11 Å². The zero-order chi connectivity index (χ0) is 27.1. The fourth-order valence-electron chi connectivity index (χ4n) is 4.22. The Morgan fingerprint density at radius 1 is 0.865 bits per heavy atom. The molecule has 4 aromatic rings. The van der Waals surface area contributed by atoms with Crippen LogP contribution in [0.15, 0.2) is 98.1 Å². The summed E-state index contributed by atoms with van der Waals surface area (Å²) >= 11 is 0. The van der Waals surface area contributed by atoms with Gasteiger partial charge in [0.25, 0.3) is 0 Å². The van der Waals surface area contributed by atoms with Crippen LogP contribution in [-0.2, 0) is 6.42 Å². The maximum atomic E-state index is 10.4. The molecule has 3 nitrogen and oxygen atoms in total. The first-order valence-corrected chi connectivity index (χ1v) is 12.8. The molecule has 0 aliphatic heterocycles. The maximum absolute atomic E-state index is 10.4. The van der Waals surface area contributed by atoms with Crippen molar-refractivity contribution in [3.63, 3.8) is 0 Å². The zero-order valence-corrected chi connectivity index (χ0v) is 22.7. The smallest absolute Gasteiger partial charge is 0.116 e. The molecule has 190 valence electrons. The van der Waals surface area contributed by atoms with Gasteiger partial charge in [0.05, 0.1) is 22.9 Å². The Hall–Kier alpha value is -4.11. The number of nitrogens with one attached hydrogen (secondary N) is 1. The molecule has 2 N–H and O–H groups in total. The van der Waals surface area contributed by atoms with Crippen LogP contribution in [-0.4, -0.2) is 16.1 Å². The largest absolute Gasteiger partial charge is 0.508 e. The van der Waals surface area contributed by atoms with E-state index >= 15 is 0 Å². The first kappa shape index (κ1) is 27.5. The van der Waals surface area contributed by atoms with Crippen LogP contribution in [0.25, 0.3) is 33.5 Å². The summed E-state index contributed by atoms with van der Waals surface area (Å²) in [6, 6.07) is 24.8. The van der Waals surface area contributed by atoms with Crippen LogP contribution in [0.5, 0.6) is 0 Å². The number of aromatic nitrogens is 1. The highest BCUT2D eigenvalue weighted by atomic mass is 16.3. The van der Waals surface area contributed by atoms with Crippen LogP contribution in [0.1, 0.15) is 48.7 Å². The number of benzene rings is 3. The number of fused-ring (bicyclic) bond motifs is 1. The van der Waals surface area contributed by atoms with Crippen LogP contribution in [0.4, 0.5) is 0 Å². The Bertz CT molecular complexity index is 1430. The van der Waals surface area contributed by atoms with Crippen LogP contribution < -0.4 is 5.32 Å². The lowest BCUT2D eigenvalue weighted by molar-refractivity contribution is 0.514. The van der Waals surface area contributed by atoms with E-state index in [-0.39, 0.29) is 11.8 Å². The second-order valence-electron chi connectivity index (χ2n) is 9.31. The molecular formula is C34H38N2O. The van der Waals surface area contributed by atoms with Crippen molar-refractivity contribution in [2.45, 2.75) is 47.1 Å². The predicted octanol–water partition coefficient (Wildman–Crippen LogP) is 8.82. The molecule has 3 aromatic carbocycles. The van der Waals surface area contributed by atoms with Gasteiger partial charge in [-0.1, -0.05) is 105 Å². The monoisotopic (exact) mass is 490 g/mol. The molecule has 0 spiro atoms. The van der Waals surface area contributed by atoms with Gasteiger partial charge in [-0.15, -0.1) is 0 Å². The molecule has 4 rings (SSSR count). The molecule has 0 amide bonds.